The first-order valence-corrected chi connectivity index (χ1v) is 10.3. The number of rotatable bonds is 5. The van der Waals surface area contributed by atoms with E-state index in [0.717, 1.165) is 4.90 Å². The van der Waals surface area contributed by atoms with Crippen molar-refractivity contribution in [2.45, 2.75) is 37.2 Å². The largest absolute Gasteiger partial charge is 0.394 e. The summed E-state index contributed by atoms with van der Waals surface area (Å²) in [7, 11) is 0. The molecule has 0 saturated heterocycles. The van der Waals surface area contributed by atoms with Crippen LogP contribution in [0.15, 0.2) is 59.0 Å². The molecule has 142 valence electrons. The van der Waals surface area contributed by atoms with E-state index < -0.39 is 29.0 Å². The van der Waals surface area contributed by atoms with E-state index in [1.54, 1.807) is 17.8 Å². The quantitative estimate of drug-likeness (QED) is 0.764. The van der Waals surface area contributed by atoms with Crippen molar-refractivity contribution >= 4 is 23.3 Å². The lowest BCUT2D eigenvalue weighted by atomic mass is 9.60. The molecule has 0 radical (unpaired) electrons. The van der Waals surface area contributed by atoms with Crippen molar-refractivity contribution in [3.63, 3.8) is 0 Å². The van der Waals surface area contributed by atoms with E-state index in [-0.39, 0.29) is 18.0 Å². The summed E-state index contributed by atoms with van der Waals surface area (Å²) in [4.78, 5) is 27.6. The number of aliphatic hydroxyl groups excluding tert-OH is 2. The average molecular weight is 384 g/mol. The minimum absolute atomic E-state index is 0.0184. The molecule has 3 unspecified atom stereocenters. The number of benzene rings is 1. The van der Waals surface area contributed by atoms with E-state index in [1.807, 2.05) is 49.4 Å². The molecule has 5 heteroatoms. The van der Waals surface area contributed by atoms with E-state index in [2.05, 4.69) is 0 Å². The number of carbonyl (C=O) groups is 2. The highest BCUT2D eigenvalue weighted by Gasteiger charge is 2.77. The number of Topliss-reactive ketones (excluding diaryl/α,β-unsaturated/α-hetero) is 2. The van der Waals surface area contributed by atoms with Crippen molar-refractivity contribution in [3.8, 4) is 0 Å². The second kappa shape index (κ2) is 6.43. The SMILES string of the molecule is CC12CC=CC=C1C(=O)C1(CC2=O)CC1(CSc1ccccc1)[C@H](O)CO. The Hall–Kier alpha value is -1.69. The maximum atomic E-state index is 13.5. The van der Waals surface area contributed by atoms with Gasteiger partial charge < -0.3 is 10.2 Å². The summed E-state index contributed by atoms with van der Waals surface area (Å²) < 4.78 is 0. The first-order valence-electron chi connectivity index (χ1n) is 9.32. The molecule has 2 fully saturated rings. The van der Waals surface area contributed by atoms with Gasteiger partial charge in [-0.3, -0.25) is 9.59 Å². The predicted molar refractivity (Wildman–Crippen MR) is 104 cm³/mol. The average Bonchev–Trinajstić information content (AvgIpc) is 3.34. The smallest absolute Gasteiger partial charge is 0.167 e. The molecule has 2 saturated carbocycles. The third-order valence-electron chi connectivity index (χ3n) is 6.77. The van der Waals surface area contributed by atoms with E-state index in [1.165, 1.54) is 0 Å². The molecule has 3 aliphatic rings. The standard InChI is InChI=1S/C22H24O4S/c1-20-10-6-5-9-16(20)19(26)21(11-17(20)24)13-22(21,18(25)12-23)14-27-15-7-3-2-4-8-15/h2-9,18,23,25H,10-14H2,1H3/t18-,20?,21?,22?/m1/s1. The number of carbonyl (C=O) groups excluding carboxylic acids is 2. The second-order valence-electron chi connectivity index (χ2n) is 8.19. The molecule has 1 aromatic carbocycles. The summed E-state index contributed by atoms with van der Waals surface area (Å²) in [6, 6.07) is 9.80. The molecule has 0 amide bonds. The Morgan fingerprint density at radius 1 is 1.22 bits per heavy atom. The zero-order valence-corrected chi connectivity index (χ0v) is 16.2. The zero-order chi connectivity index (χ0) is 19.3. The van der Waals surface area contributed by atoms with Crippen molar-refractivity contribution in [2.75, 3.05) is 12.4 Å². The van der Waals surface area contributed by atoms with Crippen LogP contribution < -0.4 is 0 Å². The lowest BCUT2D eigenvalue weighted by Gasteiger charge is -2.41. The third-order valence-corrected chi connectivity index (χ3v) is 8.04. The summed E-state index contributed by atoms with van der Waals surface area (Å²) in [5.74, 6) is 0.543. The van der Waals surface area contributed by atoms with Crippen LogP contribution in [0.1, 0.15) is 26.2 Å². The van der Waals surface area contributed by atoms with Crippen LogP contribution in [0.25, 0.3) is 0 Å². The maximum absolute atomic E-state index is 13.5. The molecule has 27 heavy (non-hydrogen) atoms. The van der Waals surface area contributed by atoms with Gasteiger partial charge in [0.15, 0.2) is 5.78 Å². The second-order valence-corrected chi connectivity index (χ2v) is 9.24. The lowest BCUT2D eigenvalue weighted by Crippen LogP contribution is -2.48. The van der Waals surface area contributed by atoms with Gasteiger partial charge in [-0.25, -0.2) is 0 Å². The van der Waals surface area contributed by atoms with Gasteiger partial charge in [-0.15, -0.1) is 11.8 Å². The summed E-state index contributed by atoms with van der Waals surface area (Å²) in [6.45, 7) is 1.44. The minimum Gasteiger partial charge on any atom is -0.394 e. The Kier molecular flexibility index (Phi) is 4.45. The molecule has 3 aliphatic carbocycles. The van der Waals surface area contributed by atoms with E-state index in [4.69, 9.17) is 0 Å². The van der Waals surface area contributed by atoms with Crippen LogP contribution in [0.3, 0.4) is 0 Å². The highest BCUT2D eigenvalue weighted by atomic mass is 32.2. The molecule has 0 heterocycles. The number of ketones is 2. The van der Waals surface area contributed by atoms with Gasteiger partial charge in [0.2, 0.25) is 0 Å². The minimum atomic E-state index is -1.02. The molecular weight excluding hydrogens is 360 g/mol. The van der Waals surface area contributed by atoms with Crippen molar-refractivity contribution in [3.05, 3.63) is 54.1 Å². The van der Waals surface area contributed by atoms with Gasteiger partial charge in [-0.1, -0.05) is 36.4 Å². The molecule has 0 bridgehead atoms. The fraction of sp³-hybridized carbons (Fsp3) is 0.455. The molecule has 4 rings (SSSR count). The molecule has 2 N–H and O–H groups in total. The number of aliphatic hydroxyl groups is 2. The topological polar surface area (TPSA) is 74.6 Å². The van der Waals surface area contributed by atoms with E-state index in [0.29, 0.717) is 24.2 Å². The summed E-state index contributed by atoms with van der Waals surface area (Å²) >= 11 is 1.56. The zero-order valence-electron chi connectivity index (χ0n) is 15.4. The van der Waals surface area contributed by atoms with Gasteiger partial charge in [0, 0.05) is 33.5 Å². The summed E-state index contributed by atoms with van der Waals surface area (Å²) in [5, 5.41) is 20.3. The first-order chi connectivity index (χ1) is 12.9. The van der Waals surface area contributed by atoms with Crippen LogP contribution >= 0.6 is 11.8 Å². The summed E-state index contributed by atoms with van der Waals surface area (Å²) in [5.41, 5.74) is -1.83. The first kappa shape index (κ1) is 18.7. The Bertz CT molecular complexity index is 845. The van der Waals surface area contributed by atoms with E-state index in [9.17, 15) is 19.8 Å². The molecule has 1 spiro atoms. The number of allylic oxidation sites excluding steroid dienone is 4. The number of hydrogen-bond acceptors (Lipinski definition) is 5. The molecule has 0 aliphatic heterocycles. The number of thioether (sulfide) groups is 1. The monoisotopic (exact) mass is 384 g/mol. The lowest BCUT2D eigenvalue weighted by molar-refractivity contribution is -0.139. The van der Waals surface area contributed by atoms with Gasteiger partial charge in [0.25, 0.3) is 0 Å². The molecule has 0 aromatic heterocycles. The number of hydrogen-bond donors (Lipinski definition) is 2. The molecule has 4 atom stereocenters. The normalized spacial score (nSPS) is 35.7. The van der Waals surface area contributed by atoms with Crippen molar-refractivity contribution in [2.24, 2.45) is 16.2 Å². The van der Waals surface area contributed by atoms with Crippen molar-refractivity contribution in [1.29, 1.82) is 0 Å². The van der Waals surface area contributed by atoms with Crippen LogP contribution in [0.5, 0.6) is 0 Å². The fourth-order valence-electron chi connectivity index (χ4n) is 4.82. The number of fused-ring (bicyclic) bond motifs is 1. The highest BCUT2D eigenvalue weighted by molar-refractivity contribution is 7.99. The van der Waals surface area contributed by atoms with Gasteiger partial charge in [0.05, 0.1) is 18.1 Å². The Morgan fingerprint density at radius 3 is 2.67 bits per heavy atom. The highest BCUT2D eigenvalue weighted by Crippen LogP contribution is 2.73. The Morgan fingerprint density at radius 2 is 1.96 bits per heavy atom. The third kappa shape index (κ3) is 2.59. The summed E-state index contributed by atoms with van der Waals surface area (Å²) in [6.07, 6.45) is 5.67. The molecule has 4 nitrogen and oxygen atoms in total. The van der Waals surface area contributed by atoms with Gasteiger partial charge in [-0.05, 0) is 31.9 Å². The van der Waals surface area contributed by atoms with Crippen molar-refractivity contribution < 1.29 is 19.8 Å². The van der Waals surface area contributed by atoms with Crippen LogP contribution in [-0.4, -0.2) is 40.2 Å². The molecule has 1 aromatic rings. The predicted octanol–water partition coefficient (Wildman–Crippen LogP) is 2.94. The fourth-order valence-corrected chi connectivity index (χ4v) is 6.17. The van der Waals surface area contributed by atoms with Gasteiger partial charge >= 0.3 is 0 Å². The Labute approximate surface area is 163 Å². The van der Waals surface area contributed by atoms with Crippen LogP contribution in [-0.2, 0) is 9.59 Å². The molecular formula is C22H24O4S. The Balaban J connectivity index is 1.67. The van der Waals surface area contributed by atoms with Crippen LogP contribution in [0, 0.1) is 16.2 Å². The van der Waals surface area contributed by atoms with E-state index >= 15 is 0 Å². The van der Waals surface area contributed by atoms with Crippen molar-refractivity contribution in [1.82, 2.24) is 0 Å². The van der Waals surface area contributed by atoms with Crippen LogP contribution in [0.4, 0.5) is 0 Å². The maximum Gasteiger partial charge on any atom is 0.167 e. The van der Waals surface area contributed by atoms with Crippen LogP contribution in [0.2, 0.25) is 0 Å². The van der Waals surface area contributed by atoms with Gasteiger partial charge in [-0.2, -0.15) is 0 Å². The van der Waals surface area contributed by atoms with Gasteiger partial charge in [0.1, 0.15) is 5.78 Å².